The van der Waals surface area contributed by atoms with Crippen molar-refractivity contribution in [3.63, 3.8) is 0 Å². The Morgan fingerprint density at radius 1 is 1.43 bits per heavy atom. The molecule has 0 aromatic heterocycles. The quantitative estimate of drug-likeness (QED) is 0.714. The van der Waals surface area contributed by atoms with Crippen LogP contribution in [0, 0.1) is 0 Å². The van der Waals surface area contributed by atoms with Gasteiger partial charge in [0.15, 0.2) is 0 Å². The van der Waals surface area contributed by atoms with E-state index >= 15 is 0 Å². The molecule has 0 bridgehead atoms. The van der Waals surface area contributed by atoms with Crippen molar-refractivity contribution in [1.82, 2.24) is 0 Å². The molecule has 1 aromatic rings. The summed E-state index contributed by atoms with van der Waals surface area (Å²) < 4.78 is 6.10. The van der Waals surface area contributed by atoms with Gasteiger partial charge in [-0.15, -0.1) is 12.4 Å². The molecule has 14 heavy (non-hydrogen) atoms. The normalized spacial score (nSPS) is 19.4. The van der Waals surface area contributed by atoms with E-state index in [1.807, 2.05) is 0 Å². The molecule has 0 spiro atoms. The Labute approximate surface area is 100 Å². The molecule has 76 valence electrons. The monoisotopic (exact) mass is 272 g/mol. The minimum atomic E-state index is 0. The molecule has 0 saturated heterocycles. The van der Waals surface area contributed by atoms with Crippen LogP contribution in [0.2, 0.25) is 4.71 Å². The Morgan fingerprint density at radius 2 is 2.21 bits per heavy atom. The van der Waals surface area contributed by atoms with Gasteiger partial charge < -0.3 is 0 Å². The number of halogens is 1. The van der Waals surface area contributed by atoms with Crippen molar-refractivity contribution < 1.29 is 4.74 Å². The number of rotatable bonds is 1. The van der Waals surface area contributed by atoms with E-state index in [1.54, 1.807) is 7.11 Å². The molecule has 2 radical (unpaired) electrons. The molecular formula is C11H14AsClO. The van der Waals surface area contributed by atoms with Crippen LogP contribution < -0.4 is 4.74 Å². The molecule has 2 rings (SSSR count). The van der Waals surface area contributed by atoms with Crippen LogP contribution in [-0.2, 0) is 12.8 Å². The first kappa shape index (κ1) is 11.9. The van der Waals surface area contributed by atoms with Crippen LogP contribution in [0.4, 0.5) is 0 Å². The molecule has 0 aliphatic heterocycles. The topological polar surface area (TPSA) is 9.23 Å². The Hall–Kier alpha value is -0.132. The molecule has 1 aromatic carbocycles. The number of methoxy groups -OCH3 is 1. The molecule has 0 heterocycles. The second-order valence-electron chi connectivity index (χ2n) is 3.49. The number of ether oxygens (including phenoxy) is 1. The van der Waals surface area contributed by atoms with Gasteiger partial charge in [0.2, 0.25) is 0 Å². The average Bonchev–Trinajstić information content (AvgIpc) is 2.17. The zero-order chi connectivity index (χ0) is 9.26. The molecule has 0 fully saturated rings. The summed E-state index contributed by atoms with van der Waals surface area (Å²) >= 11 is 2.77. The molecule has 1 aliphatic carbocycles. The van der Waals surface area contributed by atoms with Crippen molar-refractivity contribution in [3.05, 3.63) is 29.3 Å². The van der Waals surface area contributed by atoms with E-state index in [2.05, 4.69) is 35.1 Å². The van der Waals surface area contributed by atoms with Crippen LogP contribution in [0.3, 0.4) is 0 Å². The molecular weight excluding hydrogens is 258 g/mol. The summed E-state index contributed by atoms with van der Waals surface area (Å²) in [4.78, 5) is 0. The first-order valence-corrected chi connectivity index (χ1v) is 5.72. The zero-order valence-electron chi connectivity index (χ0n) is 8.19. The van der Waals surface area contributed by atoms with E-state index in [-0.39, 0.29) is 12.4 Å². The summed E-state index contributed by atoms with van der Waals surface area (Å²) in [6.07, 6.45) is 3.64. The Bertz CT molecular complexity index is 300. The second kappa shape index (κ2) is 5.09. The number of fused-ring (bicyclic) bond motifs is 1. The van der Waals surface area contributed by atoms with Crippen molar-refractivity contribution in [2.24, 2.45) is 0 Å². The van der Waals surface area contributed by atoms with Gasteiger partial charge >= 0.3 is 87.7 Å². The van der Waals surface area contributed by atoms with Crippen molar-refractivity contribution >= 4 is 29.3 Å². The van der Waals surface area contributed by atoms with Crippen molar-refractivity contribution in [1.29, 1.82) is 0 Å². The third kappa shape index (κ3) is 2.27. The van der Waals surface area contributed by atoms with Gasteiger partial charge in [-0.25, -0.2) is 0 Å². The van der Waals surface area contributed by atoms with Crippen LogP contribution in [0.25, 0.3) is 0 Å². The van der Waals surface area contributed by atoms with Crippen LogP contribution >= 0.6 is 12.4 Å². The Balaban J connectivity index is 0.000000980. The summed E-state index contributed by atoms with van der Waals surface area (Å²) in [5.41, 5.74) is 2.89. The fraction of sp³-hybridized carbons (Fsp3) is 0.455. The van der Waals surface area contributed by atoms with Crippen LogP contribution in [0.5, 0.6) is 5.75 Å². The van der Waals surface area contributed by atoms with Gasteiger partial charge in [0, 0.05) is 0 Å². The fourth-order valence-electron chi connectivity index (χ4n) is 1.93. The van der Waals surface area contributed by atoms with E-state index < -0.39 is 0 Å². The van der Waals surface area contributed by atoms with Gasteiger partial charge in [-0.3, -0.25) is 0 Å². The molecule has 1 atom stereocenters. The zero-order valence-corrected chi connectivity index (χ0v) is 10.9. The van der Waals surface area contributed by atoms with Crippen molar-refractivity contribution in [3.8, 4) is 5.75 Å². The second-order valence-corrected chi connectivity index (χ2v) is 5.03. The first-order chi connectivity index (χ1) is 6.31. The Morgan fingerprint density at radius 3 is 2.93 bits per heavy atom. The minimum Gasteiger partial charge on any atom is -0.147 e. The molecule has 0 saturated carbocycles. The summed E-state index contributed by atoms with van der Waals surface area (Å²) in [5, 5.41) is 0. The van der Waals surface area contributed by atoms with Gasteiger partial charge in [0.1, 0.15) is 0 Å². The number of benzene rings is 1. The first-order valence-electron chi connectivity index (χ1n) is 4.64. The number of hydrogen-bond donors (Lipinski definition) is 0. The summed E-state index contributed by atoms with van der Waals surface area (Å²) in [7, 11) is 1.75. The summed E-state index contributed by atoms with van der Waals surface area (Å²) in [6, 6.07) is 6.36. The molecule has 0 N–H and O–H groups in total. The maximum atomic E-state index is 5.35. The smallest absolute Gasteiger partial charge is 0.147 e. The van der Waals surface area contributed by atoms with Gasteiger partial charge in [-0.2, -0.15) is 0 Å². The molecule has 3 heteroatoms. The fourth-order valence-corrected chi connectivity index (χ4v) is 2.58. The van der Waals surface area contributed by atoms with E-state index in [9.17, 15) is 0 Å². The van der Waals surface area contributed by atoms with Crippen molar-refractivity contribution in [2.45, 2.75) is 24.0 Å². The number of aryl methyl sites for hydroxylation is 1. The molecule has 1 aliphatic rings. The third-order valence-corrected chi connectivity index (χ3v) is 3.56. The van der Waals surface area contributed by atoms with Crippen LogP contribution in [0.15, 0.2) is 18.2 Å². The van der Waals surface area contributed by atoms with Crippen LogP contribution in [0.1, 0.15) is 17.5 Å². The third-order valence-electron chi connectivity index (χ3n) is 2.64. The maximum Gasteiger partial charge on any atom is -0.147 e. The van der Waals surface area contributed by atoms with Gasteiger partial charge in [0.25, 0.3) is 0 Å². The largest absolute Gasteiger partial charge is 0.147 e. The molecule has 0 amide bonds. The predicted octanol–water partition coefficient (Wildman–Crippen LogP) is 2.56. The maximum absolute atomic E-state index is 5.35. The van der Waals surface area contributed by atoms with Gasteiger partial charge in [-0.1, -0.05) is 0 Å². The van der Waals surface area contributed by atoms with E-state index in [1.165, 1.54) is 24.0 Å². The predicted molar refractivity (Wildman–Crippen MR) is 61.8 cm³/mol. The number of hydrogen-bond acceptors (Lipinski definition) is 1. The molecule has 1 nitrogen and oxygen atoms in total. The minimum absolute atomic E-state index is 0. The van der Waals surface area contributed by atoms with Gasteiger partial charge in [-0.05, 0) is 0 Å². The Kier molecular flexibility index (Phi) is 4.34. The van der Waals surface area contributed by atoms with E-state index in [4.69, 9.17) is 4.74 Å². The summed E-state index contributed by atoms with van der Waals surface area (Å²) in [6.45, 7) is 0. The van der Waals surface area contributed by atoms with E-state index in [0.29, 0.717) is 0 Å². The van der Waals surface area contributed by atoms with Crippen molar-refractivity contribution in [2.75, 3.05) is 7.11 Å². The van der Waals surface area contributed by atoms with Crippen LogP contribution in [-0.4, -0.2) is 24.0 Å². The SMILES string of the molecule is COc1cccc2c1C[C@@H]([As])CC2.Cl. The molecule has 0 unspecified atom stereocenters. The van der Waals surface area contributed by atoms with Gasteiger partial charge in [0.05, 0.1) is 0 Å². The summed E-state index contributed by atoms with van der Waals surface area (Å²) in [5.74, 6) is 1.06. The average molecular weight is 273 g/mol. The standard InChI is InChI=1S/C11H13AsO.ClH/c1-13-11-4-2-3-8-5-6-9(12)7-10(8)11;/h2-4,9H,5-7H2,1H3;1H/t9-;/m0./s1. The van der Waals surface area contributed by atoms with E-state index in [0.717, 1.165) is 16.9 Å².